The Hall–Kier alpha value is -2.89. The predicted octanol–water partition coefficient (Wildman–Crippen LogP) is 3.04. The minimum absolute atomic E-state index is 0.197. The normalized spacial score (nSPS) is 10.7. The van der Waals surface area contributed by atoms with Gasteiger partial charge in [-0.2, -0.15) is 0 Å². The van der Waals surface area contributed by atoms with Crippen LogP contribution in [-0.2, 0) is 0 Å². The first-order chi connectivity index (χ1) is 10.5. The van der Waals surface area contributed by atoms with E-state index in [4.69, 9.17) is 4.52 Å². The third-order valence-electron chi connectivity index (χ3n) is 3.51. The third-order valence-corrected chi connectivity index (χ3v) is 3.51. The summed E-state index contributed by atoms with van der Waals surface area (Å²) in [7, 11) is 0. The summed E-state index contributed by atoms with van der Waals surface area (Å²) < 4.78 is 6.94. The summed E-state index contributed by atoms with van der Waals surface area (Å²) in [5.41, 5.74) is 4.45. The summed E-state index contributed by atoms with van der Waals surface area (Å²) in [4.78, 5) is 16.3. The molecule has 1 N–H and O–H groups in total. The number of nitrogens with zero attached hydrogens (tertiary/aromatic N) is 3. The van der Waals surface area contributed by atoms with Gasteiger partial charge in [0.2, 0.25) is 5.76 Å². The van der Waals surface area contributed by atoms with E-state index >= 15 is 0 Å². The first-order valence-corrected chi connectivity index (χ1v) is 6.90. The zero-order chi connectivity index (χ0) is 15.7. The fourth-order valence-corrected chi connectivity index (χ4v) is 2.13. The molecule has 0 aliphatic rings. The Morgan fingerprint density at radius 3 is 2.45 bits per heavy atom. The van der Waals surface area contributed by atoms with Gasteiger partial charge in [-0.15, -0.1) is 0 Å². The van der Waals surface area contributed by atoms with Crippen LogP contribution in [0.4, 0.5) is 5.69 Å². The van der Waals surface area contributed by atoms with Gasteiger partial charge in [0.05, 0.1) is 17.7 Å². The molecule has 0 saturated carbocycles. The van der Waals surface area contributed by atoms with E-state index in [1.807, 2.05) is 42.7 Å². The second-order valence-electron chi connectivity index (χ2n) is 5.12. The molecule has 0 unspecified atom stereocenters. The number of carbonyl (C=O) groups is 1. The first-order valence-electron chi connectivity index (χ1n) is 6.90. The number of rotatable bonds is 3. The number of benzene rings is 1. The molecule has 3 aromatic rings. The smallest absolute Gasteiger partial charge is 0.294 e. The number of aryl methyl sites for hydroxylation is 2. The number of aromatic nitrogens is 3. The molecule has 0 saturated heterocycles. The van der Waals surface area contributed by atoms with Crippen molar-refractivity contribution in [2.45, 2.75) is 20.8 Å². The highest BCUT2D eigenvalue weighted by molar-refractivity contribution is 6.02. The number of hydrogen-bond acceptors (Lipinski definition) is 4. The highest BCUT2D eigenvalue weighted by Gasteiger charge is 2.12. The molecule has 0 atom stereocenters. The van der Waals surface area contributed by atoms with E-state index in [1.54, 1.807) is 19.3 Å². The Morgan fingerprint density at radius 1 is 1.18 bits per heavy atom. The van der Waals surface area contributed by atoms with Crippen LogP contribution in [0.2, 0.25) is 0 Å². The third kappa shape index (κ3) is 2.63. The van der Waals surface area contributed by atoms with E-state index in [9.17, 15) is 4.79 Å². The molecule has 1 aromatic carbocycles. The van der Waals surface area contributed by atoms with Crippen molar-refractivity contribution in [3.05, 3.63) is 59.5 Å². The molecule has 0 radical (unpaired) electrons. The van der Waals surface area contributed by atoms with Gasteiger partial charge in [0.15, 0.2) is 0 Å². The molecule has 3 rings (SSSR count). The second kappa shape index (κ2) is 5.48. The maximum atomic E-state index is 12.0. The summed E-state index contributed by atoms with van der Waals surface area (Å²) in [6, 6.07) is 9.13. The molecule has 22 heavy (non-hydrogen) atoms. The summed E-state index contributed by atoms with van der Waals surface area (Å²) in [6.45, 7) is 5.76. The molecule has 2 heterocycles. The Morgan fingerprint density at radius 2 is 1.91 bits per heavy atom. The fourth-order valence-electron chi connectivity index (χ4n) is 2.13. The Bertz CT molecular complexity index is 815. The SMILES string of the molecule is Cc1cc(C(=O)Nc2ccc(-n3cnc(C)c3C)cc2)on1. The second-order valence-corrected chi connectivity index (χ2v) is 5.12. The molecule has 0 bridgehead atoms. The molecule has 1 amide bonds. The fraction of sp³-hybridized carbons (Fsp3) is 0.188. The number of anilines is 1. The lowest BCUT2D eigenvalue weighted by molar-refractivity contribution is 0.0988. The van der Waals surface area contributed by atoms with Crippen LogP contribution >= 0.6 is 0 Å². The quantitative estimate of drug-likeness (QED) is 0.806. The van der Waals surface area contributed by atoms with Gasteiger partial charge in [-0.3, -0.25) is 4.79 Å². The van der Waals surface area contributed by atoms with Crippen molar-refractivity contribution in [1.29, 1.82) is 0 Å². The molecule has 112 valence electrons. The van der Waals surface area contributed by atoms with Gasteiger partial charge in [-0.05, 0) is 45.0 Å². The van der Waals surface area contributed by atoms with Crippen LogP contribution in [0, 0.1) is 20.8 Å². The van der Waals surface area contributed by atoms with Gasteiger partial charge in [-0.1, -0.05) is 5.16 Å². The van der Waals surface area contributed by atoms with Gasteiger partial charge in [0.1, 0.15) is 0 Å². The molecular weight excluding hydrogens is 280 g/mol. The Kier molecular flexibility index (Phi) is 3.50. The van der Waals surface area contributed by atoms with E-state index in [1.165, 1.54) is 0 Å². The maximum absolute atomic E-state index is 12.0. The number of amides is 1. The zero-order valence-electron chi connectivity index (χ0n) is 12.6. The standard InChI is InChI=1S/C16H16N4O2/c1-10-8-15(22-19-10)16(21)18-13-4-6-14(7-5-13)20-9-17-11(2)12(20)3/h4-9H,1-3H3,(H,18,21). The monoisotopic (exact) mass is 296 g/mol. The van der Waals surface area contributed by atoms with Crippen LogP contribution in [0.25, 0.3) is 5.69 Å². The number of carbonyl (C=O) groups excluding carboxylic acids is 1. The van der Waals surface area contributed by atoms with Crippen molar-refractivity contribution in [2.75, 3.05) is 5.32 Å². The van der Waals surface area contributed by atoms with E-state index in [0.717, 1.165) is 17.1 Å². The van der Waals surface area contributed by atoms with Crippen molar-refractivity contribution in [1.82, 2.24) is 14.7 Å². The van der Waals surface area contributed by atoms with Gasteiger partial charge < -0.3 is 14.4 Å². The van der Waals surface area contributed by atoms with Crippen LogP contribution in [0.3, 0.4) is 0 Å². The summed E-state index contributed by atoms with van der Waals surface area (Å²) in [6.07, 6.45) is 1.79. The van der Waals surface area contributed by atoms with Crippen LogP contribution in [0.5, 0.6) is 0 Å². The van der Waals surface area contributed by atoms with Crippen molar-refractivity contribution in [3.63, 3.8) is 0 Å². The minimum atomic E-state index is -0.317. The van der Waals surface area contributed by atoms with Gasteiger partial charge in [-0.25, -0.2) is 4.98 Å². The van der Waals surface area contributed by atoms with Crippen molar-refractivity contribution >= 4 is 11.6 Å². The Balaban J connectivity index is 1.77. The lowest BCUT2D eigenvalue weighted by Gasteiger charge is -2.07. The number of nitrogens with one attached hydrogen (secondary N) is 1. The summed E-state index contributed by atoms with van der Waals surface area (Å²) in [5, 5.41) is 6.47. The van der Waals surface area contributed by atoms with Crippen LogP contribution in [0.1, 0.15) is 27.6 Å². The van der Waals surface area contributed by atoms with Crippen LogP contribution in [0.15, 0.2) is 41.2 Å². The summed E-state index contributed by atoms with van der Waals surface area (Å²) in [5.74, 6) is -0.120. The van der Waals surface area contributed by atoms with Crippen LogP contribution in [-0.4, -0.2) is 20.6 Å². The maximum Gasteiger partial charge on any atom is 0.294 e. The van der Waals surface area contributed by atoms with Crippen molar-refractivity contribution in [3.8, 4) is 5.69 Å². The van der Waals surface area contributed by atoms with Gasteiger partial charge in [0, 0.05) is 23.1 Å². The molecular formula is C16H16N4O2. The predicted molar refractivity (Wildman–Crippen MR) is 82.2 cm³/mol. The highest BCUT2D eigenvalue weighted by atomic mass is 16.5. The van der Waals surface area contributed by atoms with Gasteiger partial charge in [0.25, 0.3) is 5.91 Å². The Labute approximate surface area is 127 Å². The molecule has 2 aromatic heterocycles. The average molecular weight is 296 g/mol. The minimum Gasteiger partial charge on any atom is -0.351 e. The van der Waals surface area contributed by atoms with E-state index in [0.29, 0.717) is 11.4 Å². The first kappa shape index (κ1) is 14.1. The average Bonchev–Trinajstić information content (AvgIpc) is 3.08. The summed E-state index contributed by atoms with van der Waals surface area (Å²) >= 11 is 0. The highest BCUT2D eigenvalue weighted by Crippen LogP contribution is 2.17. The lowest BCUT2D eigenvalue weighted by Crippen LogP contribution is -2.10. The van der Waals surface area contributed by atoms with Crippen molar-refractivity contribution in [2.24, 2.45) is 0 Å². The largest absolute Gasteiger partial charge is 0.351 e. The van der Waals surface area contributed by atoms with E-state index in [2.05, 4.69) is 15.5 Å². The van der Waals surface area contributed by atoms with Crippen LogP contribution < -0.4 is 5.32 Å². The topological polar surface area (TPSA) is 73.0 Å². The van der Waals surface area contributed by atoms with Crippen molar-refractivity contribution < 1.29 is 9.32 Å². The molecule has 6 heteroatoms. The molecule has 6 nitrogen and oxygen atoms in total. The van der Waals surface area contributed by atoms with E-state index in [-0.39, 0.29) is 11.7 Å². The van der Waals surface area contributed by atoms with Gasteiger partial charge >= 0.3 is 0 Å². The molecule has 0 aliphatic carbocycles. The molecule has 0 spiro atoms. The zero-order valence-corrected chi connectivity index (χ0v) is 12.6. The lowest BCUT2D eigenvalue weighted by atomic mass is 10.2. The molecule has 0 fully saturated rings. The molecule has 0 aliphatic heterocycles. The number of imidazole rings is 1. The van der Waals surface area contributed by atoms with E-state index < -0.39 is 0 Å². The number of hydrogen-bond donors (Lipinski definition) is 1.